The van der Waals surface area contributed by atoms with Crippen LogP contribution < -0.4 is 5.73 Å². The third kappa shape index (κ3) is 2.08. The summed E-state index contributed by atoms with van der Waals surface area (Å²) in [5, 5.41) is 3.52. The first-order chi connectivity index (χ1) is 5.50. The Labute approximate surface area is 71.5 Å². The van der Waals surface area contributed by atoms with Crippen LogP contribution in [0.4, 0.5) is 5.69 Å². The minimum Gasteiger partial charge on any atom is -0.387 e. The lowest BCUT2D eigenvalue weighted by atomic mass is 9.95. The summed E-state index contributed by atoms with van der Waals surface area (Å²) in [6.45, 7) is 6.00. The van der Waals surface area contributed by atoms with Gasteiger partial charge < -0.3 is 10.3 Å². The summed E-state index contributed by atoms with van der Waals surface area (Å²) in [5.74, 6) is 0.575. The second-order valence-electron chi connectivity index (χ2n) is 3.63. The van der Waals surface area contributed by atoms with Gasteiger partial charge in [-0.15, -0.1) is 0 Å². The van der Waals surface area contributed by atoms with Crippen LogP contribution in [0.15, 0.2) is 22.0 Å². The van der Waals surface area contributed by atoms with E-state index in [1.807, 2.05) is 20.8 Å². The van der Waals surface area contributed by atoms with E-state index in [1.54, 1.807) is 0 Å². The summed E-state index contributed by atoms with van der Waals surface area (Å²) in [5.41, 5.74) is 6.26. The van der Waals surface area contributed by atoms with Gasteiger partial charge in [-0.05, 0) is 0 Å². The van der Waals surface area contributed by atoms with Gasteiger partial charge in [0.15, 0.2) is 0 Å². The van der Waals surface area contributed by atoms with Gasteiger partial charge >= 0.3 is 0 Å². The zero-order valence-electron chi connectivity index (χ0n) is 7.53. The Morgan fingerprint density at radius 1 is 1.58 bits per heavy atom. The SMILES string of the molecule is CC(C)(C)C(N)=Nc1cnoc1. The molecule has 12 heavy (non-hydrogen) atoms. The first kappa shape index (κ1) is 8.77. The highest BCUT2D eigenvalue weighted by Crippen LogP contribution is 2.17. The number of hydrogen-bond donors (Lipinski definition) is 1. The molecule has 66 valence electrons. The van der Waals surface area contributed by atoms with Crippen LogP contribution in [0, 0.1) is 5.41 Å². The molecule has 0 fully saturated rings. The van der Waals surface area contributed by atoms with Crippen LogP contribution in [0.3, 0.4) is 0 Å². The van der Waals surface area contributed by atoms with Gasteiger partial charge in [-0.3, -0.25) is 0 Å². The van der Waals surface area contributed by atoms with Crippen molar-refractivity contribution >= 4 is 11.5 Å². The van der Waals surface area contributed by atoms with Crippen LogP contribution in [-0.2, 0) is 0 Å². The van der Waals surface area contributed by atoms with Crippen molar-refractivity contribution < 1.29 is 4.52 Å². The van der Waals surface area contributed by atoms with Gasteiger partial charge in [0, 0.05) is 5.41 Å². The molecule has 0 saturated heterocycles. The fourth-order valence-corrected chi connectivity index (χ4v) is 0.561. The summed E-state index contributed by atoms with van der Waals surface area (Å²) < 4.78 is 4.62. The molecule has 1 heterocycles. The Balaban J connectivity index is 2.84. The molecule has 0 aromatic carbocycles. The number of aliphatic imine (C=N–C) groups is 1. The third-order valence-electron chi connectivity index (χ3n) is 1.44. The molecule has 0 aliphatic carbocycles. The first-order valence-corrected chi connectivity index (χ1v) is 3.74. The van der Waals surface area contributed by atoms with E-state index in [0.29, 0.717) is 11.5 Å². The maximum absolute atomic E-state index is 5.72. The predicted octanol–water partition coefficient (Wildman–Crippen LogP) is 1.71. The molecule has 4 nitrogen and oxygen atoms in total. The lowest BCUT2D eigenvalue weighted by molar-refractivity contribution is 0.420. The standard InChI is InChI=1S/C8H13N3O/c1-8(2,3)7(9)11-6-4-10-12-5-6/h4-5H,1-3H3,(H2,9,11). The van der Waals surface area contributed by atoms with Crippen LogP contribution in [0.2, 0.25) is 0 Å². The van der Waals surface area contributed by atoms with Crippen molar-refractivity contribution in [1.29, 1.82) is 0 Å². The first-order valence-electron chi connectivity index (χ1n) is 3.74. The fraction of sp³-hybridized carbons (Fsp3) is 0.500. The summed E-state index contributed by atoms with van der Waals surface area (Å²) >= 11 is 0. The van der Waals surface area contributed by atoms with Gasteiger partial charge in [-0.1, -0.05) is 25.9 Å². The third-order valence-corrected chi connectivity index (χ3v) is 1.44. The minimum absolute atomic E-state index is 0.114. The van der Waals surface area contributed by atoms with Gasteiger partial charge in [0.05, 0.1) is 6.20 Å². The molecular formula is C8H13N3O. The molecular weight excluding hydrogens is 154 g/mol. The zero-order valence-corrected chi connectivity index (χ0v) is 7.53. The Kier molecular flexibility index (Phi) is 2.17. The number of hydrogen-bond acceptors (Lipinski definition) is 3. The molecule has 0 spiro atoms. The maximum Gasteiger partial charge on any atom is 0.149 e. The lowest BCUT2D eigenvalue weighted by Gasteiger charge is -2.16. The van der Waals surface area contributed by atoms with Crippen molar-refractivity contribution in [3.05, 3.63) is 12.5 Å². The van der Waals surface area contributed by atoms with E-state index in [1.165, 1.54) is 12.5 Å². The van der Waals surface area contributed by atoms with E-state index in [9.17, 15) is 0 Å². The molecule has 0 atom stereocenters. The van der Waals surface area contributed by atoms with Crippen molar-refractivity contribution in [2.75, 3.05) is 0 Å². The summed E-state index contributed by atoms with van der Waals surface area (Å²) in [6.07, 6.45) is 2.98. The minimum atomic E-state index is -0.114. The molecule has 1 rings (SSSR count). The molecule has 2 N–H and O–H groups in total. The van der Waals surface area contributed by atoms with E-state index in [-0.39, 0.29) is 5.41 Å². The average molecular weight is 167 g/mol. The fourth-order valence-electron chi connectivity index (χ4n) is 0.561. The molecule has 0 bridgehead atoms. The molecule has 0 aliphatic rings. The van der Waals surface area contributed by atoms with Gasteiger partial charge in [0.2, 0.25) is 0 Å². The second-order valence-corrected chi connectivity index (χ2v) is 3.63. The number of nitrogens with zero attached hydrogens (tertiary/aromatic N) is 2. The zero-order chi connectivity index (χ0) is 9.19. The van der Waals surface area contributed by atoms with Gasteiger partial charge in [0.1, 0.15) is 17.8 Å². The highest BCUT2D eigenvalue weighted by Gasteiger charge is 2.15. The summed E-state index contributed by atoms with van der Waals surface area (Å²) in [4.78, 5) is 4.13. The van der Waals surface area contributed by atoms with Crippen LogP contribution in [0.1, 0.15) is 20.8 Å². The Morgan fingerprint density at radius 3 is 2.67 bits per heavy atom. The second kappa shape index (κ2) is 2.97. The summed E-state index contributed by atoms with van der Waals surface area (Å²) in [6, 6.07) is 0. The predicted molar refractivity (Wildman–Crippen MR) is 47.2 cm³/mol. The number of nitrogens with two attached hydrogens (primary N) is 1. The molecule has 1 aromatic heterocycles. The summed E-state index contributed by atoms with van der Waals surface area (Å²) in [7, 11) is 0. The number of amidine groups is 1. The monoisotopic (exact) mass is 167 g/mol. The Hall–Kier alpha value is -1.32. The topological polar surface area (TPSA) is 64.4 Å². The van der Waals surface area contributed by atoms with Crippen LogP contribution >= 0.6 is 0 Å². The molecule has 0 aliphatic heterocycles. The van der Waals surface area contributed by atoms with Crippen molar-refractivity contribution in [2.45, 2.75) is 20.8 Å². The van der Waals surface area contributed by atoms with Crippen molar-refractivity contribution in [2.24, 2.45) is 16.1 Å². The van der Waals surface area contributed by atoms with E-state index in [0.717, 1.165) is 0 Å². The number of aromatic nitrogens is 1. The Bertz CT molecular complexity index is 269. The number of rotatable bonds is 1. The molecule has 1 aromatic rings. The highest BCUT2D eigenvalue weighted by molar-refractivity contribution is 5.87. The maximum atomic E-state index is 5.72. The van der Waals surface area contributed by atoms with Gasteiger partial charge in [-0.25, -0.2) is 4.99 Å². The molecule has 0 radical (unpaired) electrons. The highest BCUT2D eigenvalue weighted by atomic mass is 16.5. The normalized spacial score (nSPS) is 13.4. The van der Waals surface area contributed by atoms with Gasteiger partial charge in [0.25, 0.3) is 0 Å². The van der Waals surface area contributed by atoms with E-state index in [2.05, 4.69) is 14.7 Å². The van der Waals surface area contributed by atoms with Crippen LogP contribution in [0.25, 0.3) is 0 Å². The average Bonchev–Trinajstić information content (AvgIpc) is 2.37. The molecule has 0 unspecified atom stereocenters. The molecule has 4 heteroatoms. The molecule has 0 amide bonds. The van der Waals surface area contributed by atoms with E-state index in [4.69, 9.17) is 5.73 Å². The van der Waals surface area contributed by atoms with Crippen molar-refractivity contribution in [3.63, 3.8) is 0 Å². The van der Waals surface area contributed by atoms with Crippen LogP contribution in [0.5, 0.6) is 0 Å². The van der Waals surface area contributed by atoms with E-state index < -0.39 is 0 Å². The van der Waals surface area contributed by atoms with Crippen molar-refractivity contribution in [3.8, 4) is 0 Å². The molecule has 0 saturated carbocycles. The smallest absolute Gasteiger partial charge is 0.149 e. The van der Waals surface area contributed by atoms with E-state index >= 15 is 0 Å². The van der Waals surface area contributed by atoms with Crippen molar-refractivity contribution in [1.82, 2.24) is 5.16 Å². The largest absolute Gasteiger partial charge is 0.387 e. The van der Waals surface area contributed by atoms with Gasteiger partial charge in [-0.2, -0.15) is 0 Å². The lowest BCUT2D eigenvalue weighted by Crippen LogP contribution is -2.28. The Morgan fingerprint density at radius 2 is 2.25 bits per heavy atom. The quantitative estimate of drug-likeness (QED) is 0.511. The van der Waals surface area contributed by atoms with Crippen LogP contribution in [-0.4, -0.2) is 11.0 Å².